The molecular formula is C12H19N3O2S. The van der Waals surface area contributed by atoms with Crippen LogP contribution in [-0.2, 0) is 11.3 Å². The molecule has 0 aliphatic heterocycles. The fourth-order valence-corrected chi connectivity index (χ4v) is 1.82. The number of nitrogens with zero attached hydrogens (tertiary/aromatic N) is 1. The summed E-state index contributed by atoms with van der Waals surface area (Å²) in [5, 5.41) is 2.79. The minimum Gasteiger partial charge on any atom is -0.481 e. The van der Waals surface area contributed by atoms with Crippen molar-refractivity contribution in [2.24, 2.45) is 5.73 Å². The van der Waals surface area contributed by atoms with Crippen molar-refractivity contribution in [3.8, 4) is 5.88 Å². The van der Waals surface area contributed by atoms with Gasteiger partial charge in [-0.05, 0) is 24.0 Å². The van der Waals surface area contributed by atoms with E-state index >= 15 is 0 Å². The highest BCUT2D eigenvalue weighted by molar-refractivity contribution is 7.98. The molecule has 0 aromatic carbocycles. The lowest BCUT2D eigenvalue weighted by Crippen LogP contribution is -2.40. The number of nitrogens with two attached hydrogens (primary N) is 1. The van der Waals surface area contributed by atoms with Crippen LogP contribution < -0.4 is 15.8 Å². The lowest BCUT2D eigenvalue weighted by atomic mass is 10.2. The molecule has 0 saturated heterocycles. The summed E-state index contributed by atoms with van der Waals surface area (Å²) in [6.45, 7) is 0.433. The number of rotatable bonds is 7. The molecule has 1 aromatic rings. The Labute approximate surface area is 111 Å². The number of thioether (sulfide) groups is 1. The summed E-state index contributed by atoms with van der Waals surface area (Å²) in [6.07, 6.45) is 4.36. The van der Waals surface area contributed by atoms with Crippen molar-refractivity contribution >= 4 is 17.7 Å². The lowest BCUT2D eigenvalue weighted by Gasteiger charge is -2.11. The summed E-state index contributed by atoms with van der Waals surface area (Å²) >= 11 is 1.68. The average molecular weight is 269 g/mol. The van der Waals surface area contributed by atoms with E-state index in [1.807, 2.05) is 12.3 Å². The molecule has 1 rings (SSSR count). The topological polar surface area (TPSA) is 77.2 Å². The first kappa shape index (κ1) is 14.8. The van der Waals surface area contributed by atoms with E-state index in [-0.39, 0.29) is 5.91 Å². The third kappa shape index (κ3) is 4.93. The molecule has 0 radical (unpaired) electrons. The number of pyridine rings is 1. The molecule has 0 spiro atoms. The van der Waals surface area contributed by atoms with Gasteiger partial charge in [0.15, 0.2) is 0 Å². The molecule has 0 unspecified atom stereocenters. The number of hydrogen-bond donors (Lipinski definition) is 2. The van der Waals surface area contributed by atoms with Crippen molar-refractivity contribution in [2.75, 3.05) is 19.1 Å². The zero-order valence-electron chi connectivity index (χ0n) is 10.7. The molecule has 0 saturated carbocycles. The van der Waals surface area contributed by atoms with Gasteiger partial charge in [0, 0.05) is 18.8 Å². The predicted molar refractivity (Wildman–Crippen MR) is 73.6 cm³/mol. The zero-order chi connectivity index (χ0) is 13.4. The van der Waals surface area contributed by atoms with E-state index in [1.165, 1.54) is 0 Å². The molecule has 18 heavy (non-hydrogen) atoms. The van der Waals surface area contributed by atoms with Crippen LogP contribution >= 0.6 is 11.8 Å². The summed E-state index contributed by atoms with van der Waals surface area (Å²) in [5.74, 6) is 1.32. The minimum absolute atomic E-state index is 0.125. The van der Waals surface area contributed by atoms with Crippen LogP contribution in [0.4, 0.5) is 0 Å². The molecular weight excluding hydrogens is 250 g/mol. The van der Waals surface area contributed by atoms with Crippen molar-refractivity contribution in [1.82, 2.24) is 10.3 Å². The van der Waals surface area contributed by atoms with Crippen molar-refractivity contribution < 1.29 is 9.53 Å². The second kappa shape index (κ2) is 7.94. The van der Waals surface area contributed by atoms with Gasteiger partial charge in [0.25, 0.3) is 0 Å². The molecule has 0 aliphatic carbocycles. The van der Waals surface area contributed by atoms with Crippen LogP contribution in [0.2, 0.25) is 0 Å². The predicted octanol–water partition coefficient (Wildman–Crippen LogP) is 0.787. The maximum atomic E-state index is 11.7. The lowest BCUT2D eigenvalue weighted by molar-refractivity contribution is -0.122. The van der Waals surface area contributed by atoms with E-state index in [1.54, 1.807) is 31.1 Å². The van der Waals surface area contributed by atoms with Gasteiger partial charge in [-0.3, -0.25) is 4.79 Å². The number of ether oxygens (including phenoxy) is 1. The minimum atomic E-state index is -0.441. The Morgan fingerprint density at radius 2 is 2.39 bits per heavy atom. The number of aromatic nitrogens is 1. The third-order valence-corrected chi connectivity index (χ3v) is 3.09. The molecule has 1 atom stereocenters. The molecule has 0 bridgehead atoms. The highest BCUT2D eigenvalue weighted by atomic mass is 32.2. The largest absolute Gasteiger partial charge is 0.481 e. The van der Waals surface area contributed by atoms with E-state index < -0.39 is 6.04 Å². The van der Waals surface area contributed by atoms with Crippen LogP contribution in [0.25, 0.3) is 0 Å². The molecule has 1 heterocycles. The molecule has 100 valence electrons. The van der Waals surface area contributed by atoms with Crippen LogP contribution in [0.15, 0.2) is 18.3 Å². The second-order valence-corrected chi connectivity index (χ2v) is 4.80. The van der Waals surface area contributed by atoms with E-state index in [2.05, 4.69) is 10.3 Å². The number of amides is 1. The van der Waals surface area contributed by atoms with Gasteiger partial charge in [-0.1, -0.05) is 6.07 Å². The Morgan fingerprint density at radius 3 is 2.94 bits per heavy atom. The van der Waals surface area contributed by atoms with Gasteiger partial charge in [-0.15, -0.1) is 0 Å². The van der Waals surface area contributed by atoms with Gasteiger partial charge in [0.2, 0.25) is 11.8 Å². The molecule has 1 aromatic heterocycles. The first-order valence-electron chi connectivity index (χ1n) is 5.68. The number of carbonyl (C=O) groups excluding carboxylic acids is 1. The Balaban J connectivity index is 2.37. The summed E-state index contributed by atoms with van der Waals surface area (Å²) in [4.78, 5) is 15.7. The summed E-state index contributed by atoms with van der Waals surface area (Å²) in [7, 11) is 1.56. The van der Waals surface area contributed by atoms with Crippen LogP contribution in [0.5, 0.6) is 5.88 Å². The average Bonchev–Trinajstić information content (AvgIpc) is 2.42. The summed E-state index contributed by atoms with van der Waals surface area (Å²) in [5.41, 5.74) is 6.67. The van der Waals surface area contributed by atoms with Crippen LogP contribution in [0, 0.1) is 0 Å². The molecule has 6 heteroatoms. The summed E-state index contributed by atoms with van der Waals surface area (Å²) in [6, 6.07) is 3.18. The van der Waals surface area contributed by atoms with E-state index in [9.17, 15) is 4.79 Å². The fourth-order valence-electron chi connectivity index (χ4n) is 1.33. The number of nitrogens with one attached hydrogen (secondary N) is 1. The molecule has 0 aliphatic rings. The first-order valence-corrected chi connectivity index (χ1v) is 7.08. The van der Waals surface area contributed by atoms with Gasteiger partial charge in [0.1, 0.15) is 0 Å². The highest BCUT2D eigenvalue weighted by Crippen LogP contribution is 2.06. The Kier molecular flexibility index (Phi) is 6.53. The Morgan fingerprint density at radius 1 is 1.61 bits per heavy atom. The maximum absolute atomic E-state index is 11.7. The maximum Gasteiger partial charge on any atom is 0.237 e. The molecule has 0 fully saturated rings. The number of carbonyl (C=O) groups is 1. The quantitative estimate of drug-likeness (QED) is 0.765. The summed E-state index contributed by atoms with van der Waals surface area (Å²) < 4.78 is 4.96. The molecule has 5 nitrogen and oxygen atoms in total. The van der Waals surface area contributed by atoms with Crippen LogP contribution in [0.1, 0.15) is 12.0 Å². The fraction of sp³-hybridized carbons (Fsp3) is 0.500. The van der Waals surface area contributed by atoms with Gasteiger partial charge < -0.3 is 15.8 Å². The van der Waals surface area contributed by atoms with Crippen LogP contribution in [0.3, 0.4) is 0 Å². The normalized spacial score (nSPS) is 11.9. The first-order chi connectivity index (χ1) is 8.67. The van der Waals surface area contributed by atoms with Crippen molar-refractivity contribution in [3.63, 3.8) is 0 Å². The van der Waals surface area contributed by atoms with E-state index in [4.69, 9.17) is 10.5 Å². The SMILES string of the molecule is COc1ccc(CNC(=O)[C@@H](N)CCSC)cn1. The monoisotopic (exact) mass is 269 g/mol. The third-order valence-electron chi connectivity index (χ3n) is 2.44. The smallest absolute Gasteiger partial charge is 0.237 e. The van der Waals surface area contributed by atoms with E-state index in [0.717, 1.165) is 11.3 Å². The molecule has 1 amide bonds. The number of hydrogen-bond acceptors (Lipinski definition) is 5. The Hall–Kier alpha value is -1.27. The van der Waals surface area contributed by atoms with E-state index in [0.29, 0.717) is 18.8 Å². The van der Waals surface area contributed by atoms with Gasteiger partial charge in [-0.2, -0.15) is 11.8 Å². The molecule has 3 N–H and O–H groups in total. The van der Waals surface area contributed by atoms with Gasteiger partial charge >= 0.3 is 0 Å². The standard InChI is InChI=1S/C12H19N3O2S/c1-17-11-4-3-9(7-14-11)8-15-12(16)10(13)5-6-18-2/h3-4,7,10H,5-6,8,13H2,1-2H3,(H,15,16)/t10-/m0/s1. The number of methoxy groups -OCH3 is 1. The van der Waals surface area contributed by atoms with Crippen molar-refractivity contribution in [1.29, 1.82) is 0 Å². The highest BCUT2D eigenvalue weighted by Gasteiger charge is 2.12. The van der Waals surface area contributed by atoms with Crippen molar-refractivity contribution in [3.05, 3.63) is 23.9 Å². The van der Waals surface area contributed by atoms with Crippen molar-refractivity contribution in [2.45, 2.75) is 19.0 Å². The second-order valence-electron chi connectivity index (χ2n) is 3.81. The Bertz CT molecular complexity index is 370. The van der Waals surface area contributed by atoms with Gasteiger partial charge in [-0.25, -0.2) is 4.98 Å². The van der Waals surface area contributed by atoms with Crippen LogP contribution in [-0.4, -0.2) is 36.1 Å². The van der Waals surface area contributed by atoms with Gasteiger partial charge in [0.05, 0.1) is 13.2 Å². The zero-order valence-corrected chi connectivity index (χ0v) is 11.5.